The molecule has 0 spiro atoms. The molecule has 0 bridgehead atoms. The molecule has 1 saturated carbocycles. The molecule has 0 unspecified atom stereocenters. The van der Waals surface area contributed by atoms with Crippen molar-refractivity contribution in [3.8, 4) is 0 Å². The minimum atomic E-state index is -7.89. The standard InChI is InChI=1S/C23H23F13/c1-2-3-14-4-8-16(9-5-14)17-10-6-15(7-11-17)12-13-18(24,25)19(26,27)20(28,29)21(30,31)22(32,33)23(34,35)36/h6-7,10-14,16H,2-5,8-9H2,1H3/b13-12+. The SMILES string of the molecule is CCCC1CCC(c2ccc(/C=C/C(F)(F)C(F)(F)C(F)(F)C(F)(F)C(F)(F)C(F)(F)F)cc2)CC1. The van der Waals surface area contributed by atoms with Gasteiger partial charge in [-0.2, -0.15) is 57.1 Å². The predicted octanol–water partition coefficient (Wildman–Crippen LogP) is 9.51. The van der Waals surface area contributed by atoms with E-state index in [2.05, 4.69) is 6.92 Å². The van der Waals surface area contributed by atoms with Crippen molar-refractivity contribution >= 4 is 6.08 Å². The summed E-state index contributed by atoms with van der Waals surface area (Å²) in [4.78, 5) is 0. The van der Waals surface area contributed by atoms with Crippen LogP contribution in [0.4, 0.5) is 57.1 Å². The third-order valence-electron chi connectivity index (χ3n) is 6.39. The molecule has 206 valence electrons. The molecule has 0 nitrogen and oxygen atoms in total. The van der Waals surface area contributed by atoms with E-state index in [9.17, 15) is 57.1 Å². The fourth-order valence-electron chi connectivity index (χ4n) is 4.16. The van der Waals surface area contributed by atoms with Gasteiger partial charge in [-0.3, -0.25) is 0 Å². The van der Waals surface area contributed by atoms with Crippen LogP contribution in [-0.2, 0) is 0 Å². The fraction of sp³-hybridized carbons (Fsp3) is 0.652. The van der Waals surface area contributed by atoms with E-state index in [0.29, 0.717) is 5.92 Å². The molecule has 0 radical (unpaired) electrons. The van der Waals surface area contributed by atoms with Gasteiger partial charge in [-0.05, 0) is 54.7 Å². The number of halogens is 13. The lowest BCUT2D eigenvalue weighted by atomic mass is 9.77. The molecule has 0 N–H and O–H groups in total. The lowest BCUT2D eigenvalue weighted by molar-refractivity contribution is -0.436. The molecule has 1 aliphatic carbocycles. The first kappa shape index (κ1) is 30.3. The largest absolute Gasteiger partial charge is 0.460 e. The quantitative estimate of drug-likeness (QED) is 0.271. The van der Waals surface area contributed by atoms with E-state index in [1.54, 1.807) is 0 Å². The monoisotopic (exact) mass is 546 g/mol. The highest BCUT2D eigenvalue weighted by molar-refractivity contribution is 5.51. The molecule has 2 rings (SSSR count). The third-order valence-corrected chi connectivity index (χ3v) is 6.39. The molecule has 0 aliphatic heterocycles. The molecule has 1 aromatic rings. The van der Waals surface area contributed by atoms with Crippen LogP contribution in [0, 0.1) is 5.92 Å². The second-order valence-electron chi connectivity index (χ2n) is 8.92. The highest BCUT2D eigenvalue weighted by Crippen LogP contribution is 2.60. The molecule has 0 atom stereocenters. The fourth-order valence-corrected chi connectivity index (χ4v) is 4.16. The van der Waals surface area contributed by atoms with E-state index < -0.39 is 41.9 Å². The van der Waals surface area contributed by atoms with Crippen molar-refractivity contribution in [2.24, 2.45) is 5.92 Å². The smallest absolute Gasteiger partial charge is 0.195 e. The Morgan fingerprint density at radius 2 is 1.14 bits per heavy atom. The second-order valence-corrected chi connectivity index (χ2v) is 8.92. The Balaban J connectivity index is 2.22. The Morgan fingerprint density at radius 1 is 0.667 bits per heavy atom. The average Bonchev–Trinajstić information content (AvgIpc) is 2.77. The van der Waals surface area contributed by atoms with E-state index in [1.165, 1.54) is 24.3 Å². The number of allylic oxidation sites excluding steroid dienone is 1. The van der Waals surface area contributed by atoms with Crippen molar-refractivity contribution in [2.75, 3.05) is 0 Å². The van der Waals surface area contributed by atoms with Crippen molar-refractivity contribution in [2.45, 2.75) is 87.2 Å². The van der Waals surface area contributed by atoms with Crippen molar-refractivity contribution in [3.63, 3.8) is 0 Å². The van der Waals surface area contributed by atoms with Crippen LogP contribution in [0.3, 0.4) is 0 Å². The van der Waals surface area contributed by atoms with Gasteiger partial charge in [0.15, 0.2) is 0 Å². The maximum absolute atomic E-state index is 13.9. The van der Waals surface area contributed by atoms with E-state index in [4.69, 9.17) is 0 Å². The van der Waals surface area contributed by atoms with E-state index in [0.717, 1.165) is 44.1 Å². The van der Waals surface area contributed by atoms with E-state index in [-0.39, 0.29) is 17.6 Å². The number of hydrogen-bond acceptors (Lipinski definition) is 0. The molecule has 1 aromatic carbocycles. The normalized spacial score (nSPS) is 21.3. The van der Waals surface area contributed by atoms with Gasteiger partial charge in [0.05, 0.1) is 0 Å². The molecular formula is C23H23F13. The molecule has 1 fully saturated rings. The summed E-state index contributed by atoms with van der Waals surface area (Å²) in [5, 5.41) is 0. The maximum atomic E-state index is 13.9. The van der Waals surface area contributed by atoms with Crippen LogP contribution in [0.15, 0.2) is 30.3 Å². The van der Waals surface area contributed by atoms with Gasteiger partial charge in [-0.1, -0.05) is 50.1 Å². The summed E-state index contributed by atoms with van der Waals surface area (Å²) in [5.74, 6) is -36.2. The van der Waals surface area contributed by atoms with Crippen molar-refractivity contribution in [1.82, 2.24) is 0 Å². The molecule has 1 aliphatic rings. The zero-order chi connectivity index (χ0) is 27.8. The second kappa shape index (κ2) is 10.1. The van der Waals surface area contributed by atoms with Gasteiger partial charge in [-0.25, -0.2) is 0 Å². The molecule has 0 amide bonds. The Hall–Kier alpha value is -1.95. The molecule has 0 aromatic heterocycles. The molecule has 13 heteroatoms. The Bertz CT molecular complexity index is 890. The van der Waals surface area contributed by atoms with Crippen molar-refractivity contribution in [3.05, 3.63) is 41.5 Å². The molecule has 0 saturated heterocycles. The van der Waals surface area contributed by atoms with Crippen LogP contribution in [0.1, 0.15) is 62.5 Å². The summed E-state index contributed by atoms with van der Waals surface area (Å²) in [5.41, 5.74) is 0.560. The van der Waals surface area contributed by atoms with Gasteiger partial charge in [-0.15, -0.1) is 0 Å². The van der Waals surface area contributed by atoms with Gasteiger partial charge in [0.1, 0.15) is 0 Å². The first-order valence-electron chi connectivity index (χ1n) is 11.0. The number of alkyl halides is 13. The predicted molar refractivity (Wildman–Crippen MR) is 106 cm³/mol. The average molecular weight is 546 g/mol. The summed E-state index contributed by atoms with van der Waals surface area (Å²) in [7, 11) is 0. The van der Waals surface area contributed by atoms with E-state index in [1.807, 2.05) is 0 Å². The van der Waals surface area contributed by atoms with Crippen LogP contribution in [0.5, 0.6) is 0 Å². The summed E-state index contributed by atoms with van der Waals surface area (Å²) in [6.45, 7) is 2.07. The van der Waals surface area contributed by atoms with Crippen molar-refractivity contribution in [1.29, 1.82) is 0 Å². The van der Waals surface area contributed by atoms with E-state index >= 15 is 0 Å². The topological polar surface area (TPSA) is 0 Å². The lowest BCUT2D eigenvalue weighted by Crippen LogP contribution is -2.69. The summed E-state index contributed by atoms with van der Waals surface area (Å²) in [6, 6.07) is 5.30. The Labute approximate surface area is 198 Å². The van der Waals surface area contributed by atoms with Crippen LogP contribution in [0.25, 0.3) is 6.08 Å². The van der Waals surface area contributed by atoms with Crippen molar-refractivity contribution < 1.29 is 57.1 Å². The van der Waals surface area contributed by atoms with Crippen LogP contribution >= 0.6 is 0 Å². The van der Waals surface area contributed by atoms with Gasteiger partial charge < -0.3 is 0 Å². The summed E-state index contributed by atoms with van der Waals surface area (Å²) in [6.07, 6.45) is -2.38. The number of benzene rings is 1. The molecule has 36 heavy (non-hydrogen) atoms. The highest BCUT2D eigenvalue weighted by Gasteiger charge is 2.90. The maximum Gasteiger partial charge on any atom is 0.460 e. The van der Waals surface area contributed by atoms with Gasteiger partial charge in [0.25, 0.3) is 0 Å². The first-order chi connectivity index (χ1) is 16.2. The zero-order valence-corrected chi connectivity index (χ0v) is 18.8. The number of hydrogen-bond donors (Lipinski definition) is 0. The minimum Gasteiger partial charge on any atom is -0.195 e. The lowest BCUT2D eigenvalue weighted by Gasteiger charge is -2.39. The molecular weight excluding hydrogens is 523 g/mol. The molecule has 0 heterocycles. The Morgan fingerprint density at radius 3 is 1.58 bits per heavy atom. The minimum absolute atomic E-state index is 0.151. The highest BCUT2D eigenvalue weighted by atomic mass is 19.4. The zero-order valence-electron chi connectivity index (χ0n) is 18.8. The van der Waals surface area contributed by atoms with Crippen LogP contribution < -0.4 is 0 Å². The summed E-state index contributed by atoms with van der Waals surface area (Å²) < 4.78 is 171. The Kier molecular flexibility index (Phi) is 8.47. The first-order valence-corrected chi connectivity index (χ1v) is 11.0. The van der Waals surface area contributed by atoms with Gasteiger partial charge in [0.2, 0.25) is 0 Å². The van der Waals surface area contributed by atoms with Gasteiger partial charge in [0, 0.05) is 0 Å². The number of rotatable bonds is 9. The van der Waals surface area contributed by atoms with Crippen LogP contribution in [0.2, 0.25) is 0 Å². The third kappa shape index (κ3) is 5.34. The van der Waals surface area contributed by atoms with Crippen LogP contribution in [-0.4, -0.2) is 35.8 Å². The summed E-state index contributed by atoms with van der Waals surface area (Å²) >= 11 is 0. The van der Waals surface area contributed by atoms with Gasteiger partial charge >= 0.3 is 35.8 Å².